The van der Waals surface area contributed by atoms with Crippen LogP contribution >= 0.6 is 0 Å². The number of anilines is 1. The van der Waals surface area contributed by atoms with Crippen LogP contribution in [0.3, 0.4) is 0 Å². The molecule has 2 aliphatic heterocycles. The van der Waals surface area contributed by atoms with Crippen LogP contribution in [-0.4, -0.2) is 38.2 Å². The predicted octanol–water partition coefficient (Wildman–Crippen LogP) is 1.45. The smallest absolute Gasteiger partial charge is 0.156 e. The lowest BCUT2D eigenvalue weighted by atomic mass is 10.00. The van der Waals surface area contributed by atoms with Crippen molar-refractivity contribution in [2.75, 3.05) is 4.90 Å². The highest BCUT2D eigenvalue weighted by atomic mass is 16.3. The number of aliphatic hydroxyl groups is 1. The summed E-state index contributed by atoms with van der Waals surface area (Å²) in [6.45, 7) is 0. The Bertz CT molecular complexity index is 567. The molecule has 5 heteroatoms. The van der Waals surface area contributed by atoms with E-state index in [0.717, 1.165) is 42.5 Å². The van der Waals surface area contributed by atoms with Gasteiger partial charge in [0.1, 0.15) is 11.8 Å². The van der Waals surface area contributed by atoms with E-state index >= 15 is 0 Å². The van der Waals surface area contributed by atoms with Gasteiger partial charge in [-0.2, -0.15) is 0 Å². The summed E-state index contributed by atoms with van der Waals surface area (Å²) in [7, 11) is 0. The van der Waals surface area contributed by atoms with Gasteiger partial charge in [0.05, 0.1) is 11.6 Å². The Hall–Kier alpha value is -1.62. The SMILES string of the molecule is OC1C[C@H]2CC[C@@H](C1)N2c1ncnc2cc[nH]c12. The molecule has 2 aromatic rings. The van der Waals surface area contributed by atoms with Crippen molar-refractivity contribution >= 4 is 16.9 Å². The minimum Gasteiger partial charge on any atom is -0.393 e. The summed E-state index contributed by atoms with van der Waals surface area (Å²) in [4.78, 5) is 14.4. The van der Waals surface area contributed by atoms with E-state index < -0.39 is 0 Å². The monoisotopic (exact) mass is 244 g/mol. The molecular formula is C13H16N4O. The topological polar surface area (TPSA) is 65.0 Å². The van der Waals surface area contributed by atoms with E-state index in [-0.39, 0.29) is 6.10 Å². The zero-order valence-electron chi connectivity index (χ0n) is 10.1. The second-order valence-corrected chi connectivity index (χ2v) is 5.35. The molecule has 2 bridgehead atoms. The number of fused-ring (bicyclic) bond motifs is 3. The third-order valence-corrected chi connectivity index (χ3v) is 4.28. The van der Waals surface area contributed by atoms with Gasteiger partial charge in [0.25, 0.3) is 0 Å². The summed E-state index contributed by atoms with van der Waals surface area (Å²) in [6.07, 6.45) is 7.45. The molecule has 2 aromatic heterocycles. The van der Waals surface area contributed by atoms with Gasteiger partial charge < -0.3 is 15.0 Å². The van der Waals surface area contributed by atoms with Gasteiger partial charge in [-0.3, -0.25) is 0 Å². The largest absolute Gasteiger partial charge is 0.393 e. The van der Waals surface area contributed by atoms with E-state index in [2.05, 4.69) is 19.9 Å². The average molecular weight is 244 g/mol. The molecular weight excluding hydrogens is 228 g/mol. The van der Waals surface area contributed by atoms with Crippen LogP contribution in [0.15, 0.2) is 18.6 Å². The van der Waals surface area contributed by atoms with E-state index in [0.29, 0.717) is 12.1 Å². The number of aliphatic hydroxyl groups excluding tert-OH is 1. The summed E-state index contributed by atoms with van der Waals surface area (Å²) in [5, 5.41) is 9.86. The molecule has 3 atom stereocenters. The van der Waals surface area contributed by atoms with Gasteiger partial charge in [-0.1, -0.05) is 0 Å². The van der Waals surface area contributed by atoms with Crippen LogP contribution in [0.2, 0.25) is 0 Å². The van der Waals surface area contributed by atoms with Crippen molar-refractivity contribution in [1.29, 1.82) is 0 Å². The lowest BCUT2D eigenvalue weighted by Gasteiger charge is -2.38. The Kier molecular flexibility index (Phi) is 2.11. The van der Waals surface area contributed by atoms with E-state index in [4.69, 9.17) is 0 Å². The summed E-state index contributed by atoms with van der Waals surface area (Å²) in [6, 6.07) is 2.83. The number of hydrogen-bond donors (Lipinski definition) is 2. The maximum Gasteiger partial charge on any atom is 0.156 e. The number of nitrogens with one attached hydrogen (secondary N) is 1. The summed E-state index contributed by atoms with van der Waals surface area (Å²) >= 11 is 0. The number of aromatic amines is 1. The van der Waals surface area contributed by atoms with Gasteiger partial charge >= 0.3 is 0 Å². The Morgan fingerprint density at radius 2 is 2.00 bits per heavy atom. The van der Waals surface area contributed by atoms with Gasteiger partial charge in [-0.25, -0.2) is 9.97 Å². The third-order valence-electron chi connectivity index (χ3n) is 4.28. The number of hydrogen-bond acceptors (Lipinski definition) is 4. The number of piperidine rings is 1. The van der Waals surface area contributed by atoms with Gasteiger partial charge in [0.2, 0.25) is 0 Å². The highest BCUT2D eigenvalue weighted by molar-refractivity contribution is 5.86. The molecule has 18 heavy (non-hydrogen) atoms. The van der Waals surface area contributed by atoms with Crippen LogP contribution in [0.25, 0.3) is 11.0 Å². The molecule has 0 saturated carbocycles. The van der Waals surface area contributed by atoms with Gasteiger partial charge in [-0.05, 0) is 31.7 Å². The third kappa shape index (κ3) is 1.37. The molecule has 0 amide bonds. The number of rotatable bonds is 1. The fourth-order valence-corrected chi connectivity index (χ4v) is 3.55. The minimum absolute atomic E-state index is 0.139. The maximum atomic E-state index is 9.86. The zero-order valence-corrected chi connectivity index (χ0v) is 10.1. The Morgan fingerprint density at radius 1 is 1.22 bits per heavy atom. The van der Waals surface area contributed by atoms with Crippen molar-refractivity contribution in [2.24, 2.45) is 0 Å². The number of nitrogens with zero attached hydrogens (tertiary/aromatic N) is 3. The van der Waals surface area contributed by atoms with Crippen molar-refractivity contribution in [3.8, 4) is 0 Å². The number of aromatic nitrogens is 3. The molecule has 0 aliphatic carbocycles. The lowest BCUT2D eigenvalue weighted by molar-refractivity contribution is 0.126. The molecule has 0 aromatic carbocycles. The lowest BCUT2D eigenvalue weighted by Crippen LogP contribution is -2.45. The molecule has 1 unspecified atom stereocenters. The van der Waals surface area contributed by atoms with Gasteiger partial charge in [0.15, 0.2) is 5.82 Å². The standard InChI is InChI=1S/C13H16N4O/c18-10-5-8-1-2-9(6-10)17(8)13-12-11(3-4-14-12)15-7-16-13/h3-4,7-10,14,18H,1-2,5-6H2/t8-,9+,10?. The maximum absolute atomic E-state index is 9.86. The van der Waals surface area contributed by atoms with Crippen LogP contribution in [-0.2, 0) is 0 Å². The first-order valence-corrected chi connectivity index (χ1v) is 6.57. The van der Waals surface area contributed by atoms with Crippen molar-refractivity contribution in [2.45, 2.75) is 43.9 Å². The highest BCUT2D eigenvalue weighted by Crippen LogP contribution is 2.40. The van der Waals surface area contributed by atoms with Crippen molar-refractivity contribution in [3.05, 3.63) is 18.6 Å². The highest BCUT2D eigenvalue weighted by Gasteiger charge is 2.41. The molecule has 4 heterocycles. The molecule has 2 saturated heterocycles. The second-order valence-electron chi connectivity index (χ2n) is 5.35. The Morgan fingerprint density at radius 3 is 2.78 bits per heavy atom. The molecule has 2 aliphatic rings. The number of H-pyrrole nitrogens is 1. The van der Waals surface area contributed by atoms with E-state index in [1.807, 2.05) is 12.3 Å². The van der Waals surface area contributed by atoms with Crippen LogP contribution in [0.5, 0.6) is 0 Å². The Balaban J connectivity index is 1.81. The fourth-order valence-electron chi connectivity index (χ4n) is 3.55. The van der Waals surface area contributed by atoms with Crippen molar-refractivity contribution < 1.29 is 5.11 Å². The fraction of sp³-hybridized carbons (Fsp3) is 0.538. The predicted molar refractivity (Wildman–Crippen MR) is 68.4 cm³/mol. The zero-order chi connectivity index (χ0) is 12.1. The van der Waals surface area contributed by atoms with E-state index in [1.54, 1.807) is 6.33 Å². The Labute approximate surface area is 105 Å². The van der Waals surface area contributed by atoms with Crippen LogP contribution in [0, 0.1) is 0 Å². The molecule has 0 radical (unpaired) electrons. The minimum atomic E-state index is -0.139. The van der Waals surface area contributed by atoms with Crippen LogP contribution in [0.1, 0.15) is 25.7 Å². The molecule has 4 rings (SSSR count). The van der Waals surface area contributed by atoms with Gasteiger partial charge in [-0.15, -0.1) is 0 Å². The van der Waals surface area contributed by atoms with Crippen molar-refractivity contribution in [1.82, 2.24) is 15.0 Å². The first-order valence-electron chi connectivity index (χ1n) is 6.57. The molecule has 0 spiro atoms. The van der Waals surface area contributed by atoms with E-state index in [1.165, 1.54) is 0 Å². The molecule has 2 fully saturated rings. The van der Waals surface area contributed by atoms with E-state index in [9.17, 15) is 5.11 Å². The second kappa shape index (κ2) is 3.68. The van der Waals surface area contributed by atoms with Crippen LogP contribution < -0.4 is 4.90 Å². The van der Waals surface area contributed by atoms with Gasteiger partial charge in [0, 0.05) is 18.3 Å². The first-order chi connectivity index (χ1) is 8.83. The summed E-state index contributed by atoms with van der Waals surface area (Å²) in [5.74, 6) is 1.00. The summed E-state index contributed by atoms with van der Waals surface area (Å²) < 4.78 is 0. The molecule has 2 N–H and O–H groups in total. The first kappa shape index (κ1) is 10.3. The van der Waals surface area contributed by atoms with Crippen molar-refractivity contribution in [3.63, 3.8) is 0 Å². The van der Waals surface area contributed by atoms with Crippen LogP contribution in [0.4, 0.5) is 5.82 Å². The average Bonchev–Trinajstić information content (AvgIpc) is 2.92. The molecule has 94 valence electrons. The quantitative estimate of drug-likeness (QED) is 0.797. The summed E-state index contributed by atoms with van der Waals surface area (Å²) in [5.41, 5.74) is 1.98. The molecule has 5 nitrogen and oxygen atoms in total. The normalized spacial score (nSPS) is 31.2.